The molecule has 1 aromatic heterocycles. The summed E-state index contributed by atoms with van der Waals surface area (Å²) in [6, 6.07) is 20.0. The predicted molar refractivity (Wildman–Crippen MR) is 148 cm³/mol. The van der Waals surface area contributed by atoms with E-state index in [1.807, 2.05) is 36.4 Å². The Balaban J connectivity index is 1.16. The highest BCUT2D eigenvalue weighted by Crippen LogP contribution is 2.36. The van der Waals surface area contributed by atoms with E-state index in [0.29, 0.717) is 35.2 Å². The molecule has 1 atom stereocenters. The number of hydrogen-bond acceptors (Lipinski definition) is 6. The smallest absolute Gasteiger partial charge is 0.257 e. The molecule has 2 aliphatic rings. The number of pyridine rings is 1. The number of fused-ring (bicyclic) bond motifs is 2. The third-order valence-corrected chi connectivity index (χ3v) is 7.19. The van der Waals surface area contributed by atoms with E-state index in [1.165, 1.54) is 0 Å². The summed E-state index contributed by atoms with van der Waals surface area (Å²) in [5.41, 5.74) is 2.26. The van der Waals surface area contributed by atoms with Crippen molar-refractivity contribution in [2.45, 2.75) is 25.7 Å². The first kappa shape index (κ1) is 25.8. The fourth-order valence-corrected chi connectivity index (χ4v) is 5.33. The number of nitrogens with zero attached hydrogens (tertiary/aromatic N) is 3. The number of rotatable bonds is 9. The SMILES string of the molecule is O=C(CNCCCC1CCCN(CC(=O)N2c3ccccc3C(=O)Nc3cccnc32)C1)c1ccccc1. The van der Waals surface area contributed by atoms with Crippen LogP contribution in [0.4, 0.5) is 17.2 Å². The van der Waals surface area contributed by atoms with Gasteiger partial charge in [0.2, 0.25) is 5.91 Å². The van der Waals surface area contributed by atoms with Gasteiger partial charge in [-0.1, -0.05) is 42.5 Å². The maximum Gasteiger partial charge on any atom is 0.257 e. The Bertz CT molecular complexity index is 1300. The summed E-state index contributed by atoms with van der Waals surface area (Å²) in [5.74, 6) is 0.711. The van der Waals surface area contributed by atoms with Crippen molar-refractivity contribution in [2.24, 2.45) is 5.92 Å². The van der Waals surface area contributed by atoms with Crippen molar-refractivity contribution in [1.29, 1.82) is 0 Å². The van der Waals surface area contributed by atoms with Crippen LogP contribution in [0, 0.1) is 5.92 Å². The van der Waals surface area contributed by atoms with Gasteiger partial charge in [0, 0.05) is 18.3 Å². The molecule has 0 radical (unpaired) electrons. The van der Waals surface area contributed by atoms with Gasteiger partial charge >= 0.3 is 0 Å². The van der Waals surface area contributed by atoms with E-state index < -0.39 is 0 Å². The summed E-state index contributed by atoms with van der Waals surface area (Å²) in [5, 5.41) is 6.16. The van der Waals surface area contributed by atoms with Crippen molar-refractivity contribution in [3.63, 3.8) is 0 Å². The zero-order valence-corrected chi connectivity index (χ0v) is 21.4. The predicted octanol–water partition coefficient (Wildman–Crippen LogP) is 4.28. The lowest BCUT2D eigenvalue weighted by atomic mass is 9.93. The molecule has 0 spiro atoms. The molecule has 1 unspecified atom stereocenters. The number of para-hydroxylation sites is 1. The number of benzene rings is 2. The first-order chi connectivity index (χ1) is 18.6. The van der Waals surface area contributed by atoms with Crippen LogP contribution in [0.5, 0.6) is 0 Å². The second kappa shape index (κ2) is 12.1. The van der Waals surface area contributed by atoms with Crippen LogP contribution >= 0.6 is 0 Å². The minimum atomic E-state index is -0.248. The Hall–Kier alpha value is -3.88. The third-order valence-electron chi connectivity index (χ3n) is 7.19. The van der Waals surface area contributed by atoms with Gasteiger partial charge < -0.3 is 10.6 Å². The number of aromatic nitrogens is 1. The maximum absolute atomic E-state index is 13.7. The quantitative estimate of drug-likeness (QED) is 0.329. The van der Waals surface area contributed by atoms with Gasteiger partial charge in [-0.25, -0.2) is 4.98 Å². The standard InChI is InChI=1S/C30H33N5O3/c36-27(23-11-2-1-3-12-23)19-31-16-6-9-22-10-8-18-34(20-22)21-28(37)35-26-15-5-4-13-24(26)30(38)33-25-14-7-17-32-29(25)35/h1-5,7,11-15,17,22,31H,6,8-10,16,18-21H2,(H,33,38). The number of carbonyl (C=O) groups is 3. The van der Waals surface area contributed by atoms with Crippen molar-refractivity contribution >= 4 is 34.8 Å². The van der Waals surface area contributed by atoms with E-state index in [1.54, 1.807) is 41.4 Å². The van der Waals surface area contributed by atoms with E-state index in [0.717, 1.165) is 50.9 Å². The molecule has 8 heteroatoms. The van der Waals surface area contributed by atoms with Gasteiger partial charge in [-0.05, 0) is 69.0 Å². The summed E-state index contributed by atoms with van der Waals surface area (Å²) in [7, 11) is 0. The Kier molecular flexibility index (Phi) is 8.21. The van der Waals surface area contributed by atoms with Gasteiger partial charge in [-0.15, -0.1) is 0 Å². The first-order valence-electron chi connectivity index (χ1n) is 13.3. The second-order valence-electron chi connectivity index (χ2n) is 9.93. The van der Waals surface area contributed by atoms with Crippen LogP contribution in [0.1, 0.15) is 46.4 Å². The molecule has 2 N–H and O–H groups in total. The molecular weight excluding hydrogens is 478 g/mol. The lowest BCUT2D eigenvalue weighted by Gasteiger charge is -2.34. The molecule has 0 bridgehead atoms. The summed E-state index contributed by atoms with van der Waals surface area (Å²) in [6.07, 6.45) is 5.86. The van der Waals surface area contributed by atoms with Crippen LogP contribution < -0.4 is 15.5 Å². The molecule has 3 aromatic rings. The minimum Gasteiger partial charge on any atom is -0.319 e. The molecule has 38 heavy (non-hydrogen) atoms. The first-order valence-corrected chi connectivity index (χ1v) is 13.3. The number of anilines is 3. The van der Waals surface area contributed by atoms with Gasteiger partial charge in [0.15, 0.2) is 11.6 Å². The fraction of sp³-hybridized carbons (Fsp3) is 0.333. The van der Waals surface area contributed by atoms with Crippen LogP contribution in [-0.2, 0) is 4.79 Å². The number of hydrogen-bond donors (Lipinski definition) is 2. The van der Waals surface area contributed by atoms with Crippen molar-refractivity contribution in [3.05, 3.63) is 84.1 Å². The number of Topliss-reactive ketones (excluding diaryl/α,β-unsaturated/α-hetero) is 1. The van der Waals surface area contributed by atoms with Crippen molar-refractivity contribution < 1.29 is 14.4 Å². The third kappa shape index (κ3) is 5.98. The van der Waals surface area contributed by atoms with Gasteiger partial charge in [0.1, 0.15) is 0 Å². The highest BCUT2D eigenvalue weighted by atomic mass is 16.2. The number of ketones is 1. The summed E-state index contributed by atoms with van der Waals surface area (Å²) in [4.78, 5) is 47.0. The zero-order chi connectivity index (χ0) is 26.3. The molecule has 196 valence electrons. The van der Waals surface area contributed by atoms with Crippen LogP contribution in [0.15, 0.2) is 72.9 Å². The molecule has 0 saturated carbocycles. The Morgan fingerprint density at radius 3 is 2.71 bits per heavy atom. The lowest BCUT2D eigenvalue weighted by molar-refractivity contribution is -0.119. The monoisotopic (exact) mass is 511 g/mol. The average molecular weight is 512 g/mol. The van der Waals surface area contributed by atoms with Crippen LogP contribution in [-0.4, -0.2) is 60.2 Å². The number of carbonyl (C=O) groups excluding carboxylic acids is 3. The fourth-order valence-electron chi connectivity index (χ4n) is 5.33. The maximum atomic E-state index is 13.7. The minimum absolute atomic E-state index is 0.101. The zero-order valence-electron chi connectivity index (χ0n) is 21.4. The topological polar surface area (TPSA) is 94.6 Å². The number of nitrogens with one attached hydrogen (secondary N) is 2. The van der Waals surface area contributed by atoms with Crippen molar-refractivity contribution in [1.82, 2.24) is 15.2 Å². The van der Waals surface area contributed by atoms with E-state index in [2.05, 4.69) is 20.5 Å². The molecule has 1 fully saturated rings. The van der Waals surface area contributed by atoms with Gasteiger partial charge in [0.05, 0.1) is 30.0 Å². The average Bonchev–Trinajstić information content (AvgIpc) is 3.07. The number of amides is 2. The lowest BCUT2D eigenvalue weighted by Crippen LogP contribution is -2.43. The molecule has 8 nitrogen and oxygen atoms in total. The Morgan fingerprint density at radius 1 is 1.03 bits per heavy atom. The normalized spacial score (nSPS) is 17.2. The molecule has 3 heterocycles. The van der Waals surface area contributed by atoms with E-state index in [4.69, 9.17) is 0 Å². The molecule has 2 aromatic carbocycles. The summed E-state index contributed by atoms with van der Waals surface area (Å²) < 4.78 is 0. The molecule has 2 aliphatic heterocycles. The van der Waals surface area contributed by atoms with E-state index in [-0.39, 0.29) is 24.1 Å². The largest absolute Gasteiger partial charge is 0.319 e. The molecule has 5 rings (SSSR count). The molecular formula is C30H33N5O3. The second-order valence-corrected chi connectivity index (χ2v) is 9.93. The van der Waals surface area contributed by atoms with Gasteiger partial charge in [-0.2, -0.15) is 0 Å². The van der Waals surface area contributed by atoms with Crippen LogP contribution in [0.25, 0.3) is 0 Å². The number of likely N-dealkylation sites (tertiary alicyclic amines) is 1. The molecule has 1 saturated heterocycles. The van der Waals surface area contributed by atoms with E-state index >= 15 is 0 Å². The van der Waals surface area contributed by atoms with Crippen molar-refractivity contribution in [3.8, 4) is 0 Å². The number of piperidine rings is 1. The van der Waals surface area contributed by atoms with E-state index in [9.17, 15) is 14.4 Å². The Morgan fingerprint density at radius 2 is 1.84 bits per heavy atom. The van der Waals surface area contributed by atoms with Crippen LogP contribution in [0.3, 0.4) is 0 Å². The van der Waals surface area contributed by atoms with Crippen LogP contribution in [0.2, 0.25) is 0 Å². The molecule has 2 amide bonds. The highest BCUT2D eigenvalue weighted by molar-refractivity contribution is 6.17. The molecule has 0 aliphatic carbocycles. The van der Waals surface area contributed by atoms with Crippen molar-refractivity contribution in [2.75, 3.05) is 42.9 Å². The van der Waals surface area contributed by atoms with Gasteiger partial charge in [0.25, 0.3) is 5.91 Å². The Labute approximate surface area is 223 Å². The summed E-state index contributed by atoms with van der Waals surface area (Å²) >= 11 is 0. The highest BCUT2D eigenvalue weighted by Gasteiger charge is 2.32. The van der Waals surface area contributed by atoms with Gasteiger partial charge in [-0.3, -0.25) is 24.2 Å². The summed E-state index contributed by atoms with van der Waals surface area (Å²) in [6.45, 7) is 3.13.